The molecule has 24 heavy (non-hydrogen) atoms. The van der Waals surface area contributed by atoms with Crippen molar-refractivity contribution in [3.8, 4) is 0 Å². The predicted molar refractivity (Wildman–Crippen MR) is 94.3 cm³/mol. The number of rotatable bonds is 7. The van der Waals surface area contributed by atoms with Crippen LogP contribution in [0.1, 0.15) is 34.1 Å². The second-order valence-corrected chi connectivity index (χ2v) is 8.26. The number of hydrogen-bond acceptors (Lipinski definition) is 6. The molecular formula is C15H22N4O3S2. The summed E-state index contributed by atoms with van der Waals surface area (Å²) in [5, 5.41) is 2.83. The zero-order chi connectivity index (χ0) is 17.9. The van der Waals surface area contributed by atoms with Crippen LogP contribution in [0.3, 0.4) is 0 Å². The lowest BCUT2D eigenvalue weighted by Gasteiger charge is -2.23. The number of hydrogen-bond donors (Lipinski definition) is 2. The molecule has 7 nitrogen and oxygen atoms in total. The minimum Gasteiger partial charge on any atom is -0.352 e. The first-order valence-electron chi connectivity index (χ1n) is 7.80. The molecule has 0 bridgehead atoms. The molecule has 2 N–H and O–H groups in total. The Labute approximate surface area is 146 Å². The van der Waals surface area contributed by atoms with E-state index in [1.54, 1.807) is 26.0 Å². The smallest absolute Gasteiger partial charge is 0.243 e. The lowest BCUT2D eigenvalue weighted by atomic mass is 10.0. The van der Waals surface area contributed by atoms with Gasteiger partial charge in [0.25, 0.3) is 0 Å². The van der Waals surface area contributed by atoms with E-state index in [1.807, 2.05) is 13.8 Å². The number of carbonyl (C=O) groups excluding carboxylic acids is 1. The largest absolute Gasteiger partial charge is 0.352 e. The number of carbonyl (C=O) groups is 1. The van der Waals surface area contributed by atoms with Gasteiger partial charge in [-0.2, -0.15) is 13.5 Å². The van der Waals surface area contributed by atoms with E-state index in [0.29, 0.717) is 11.0 Å². The second-order valence-electron chi connectivity index (χ2n) is 6.05. The van der Waals surface area contributed by atoms with Gasteiger partial charge in [0.2, 0.25) is 15.9 Å². The van der Waals surface area contributed by atoms with Crippen LogP contribution in [0.15, 0.2) is 23.1 Å². The van der Waals surface area contributed by atoms with Gasteiger partial charge in [0.05, 0.1) is 11.7 Å². The van der Waals surface area contributed by atoms with Crippen LogP contribution in [0.2, 0.25) is 0 Å². The summed E-state index contributed by atoms with van der Waals surface area (Å²) in [4.78, 5) is 12.5. The van der Waals surface area contributed by atoms with Gasteiger partial charge in [0.15, 0.2) is 0 Å². The first-order chi connectivity index (χ1) is 11.3. The molecule has 9 heteroatoms. The molecule has 0 aliphatic heterocycles. The van der Waals surface area contributed by atoms with E-state index in [9.17, 15) is 13.2 Å². The molecule has 0 fully saturated rings. The topological polar surface area (TPSA) is 101 Å². The van der Waals surface area contributed by atoms with Crippen LogP contribution in [0.4, 0.5) is 0 Å². The number of nitrogens with one attached hydrogen (secondary N) is 2. The highest BCUT2D eigenvalue weighted by Gasteiger charge is 2.30. The van der Waals surface area contributed by atoms with Crippen LogP contribution in [0.25, 0.3) is 11.0 Å². The summed E-state index contributed by atoms with van der Waals surface area (Å²) in [5.41, 5.74) is 0.841. The molecule has 1 heterocycles. The van der Waals surface area contributed by atoms with Crippen molar-refractivity contribution >= 4 is 38.7 Å². The van der Waals surface area contributed by atoms with Crippen molar-refractivity contribution in [1.29, 1.82) is 0 Å². The van der Waals surface area contributed by atoms with Crippen molar-refractivity contribution in [2.45, 2.75) is 51.1 Å². The molecule has 1 aromatic carbocycles. The summed E-state index contributed by atoms with van der Waals surface area (Å²) in [6.07, 6.45) is 0.771. The van der Waals surface area contributed by atoms with Crippen molar-refractivity contribution in [2.24, 2.45) is 5.92 Å². The first-order valence-corrected chi connectivity index (χ1v) is 10.0. The summed E-state index contributed by atoms with van der Waals surface area (Å²) in [5.74, 6) is -0.525. The number of benzene rings is 1. The fourth-order valence-electron chi connectivity index (χ4n) is 2.16. The quantitative estimate of drug-likeness (QED) is 0.775. The molecule has 0 saturated heterocycles. The highest BCUT2D eigenvalue weighted by atomic mass is 32.2. The van der Waals surface area contributed by atoms with Gasteiger partial charge >= 0.3 is 0 Å². The van der Waals surface area contributed by atoms with E-state index in [1.165, 1.54) is 6.07 Å². The van der Waals surface area contributed by atoms with Gasteiger partial charge in [-0.25, -0.2) is 8.42 Å². The predicted octanol–water partition coefficient (Wildman–Crippen LogP) is 1.91. The molecule has 2 rings (SSSR count). The Balaban J connectivity index is 2.31. The van der Waals surface area contributed by atoms with Crippen LogP contribution in [-0.2, 0) is 14.8 Å². The minimum absolute atomic E-state index is 0.0190. The van der Waals surface area contributed by atoms with E-state index in [4.69, 9.17) is 0 Å². The second kappa shape index (κ2) is 7.54. The third-order valence-electron chi connectivity index (χ3n) is 3.77. The van der Waals surface area contributed by atoms with Crippen LogP contribution < -0.4 is 10.0 Å². The van der Waals surface area contributed by atoms with E-state index in [-0.39, 0.29) is 22.8 Å². The Bertz CT molecular complexity index is 817. The Morgan fingerprint density at radius 2 is 1.96 bits per heavy atom. The first kappa shape index (κ1) is 18.8. The Morgan fingerprint density at radius 1 is 1.25 bits per heavy atom. The van der Waals surface area contributed by atoms with Crippen molar-refractivity contribution < 1.29 is 13.2 Å². The molecule has 2 aromatic rings. The summed E-state index contributed by atoms with van der Waals surface area (Å²) < 4.78 is 36.2. The zero-order valence-corrected chi connectivity index (χ0v) is 15.7. The maximum atomic E-state index is 12.8. The highest BCUT2D eigenvalue weighted by molar-refractivity contribution is 7.89. The van der Waals surface area contributed by atoms with Crippen molar-refractivity contribution in [2.75, 3.05) is 0 Å². The van der Waals surface area contributed by atoms with Crippen molar-refractivity contribution in [3.05, 3.63) is 18.2 Å². The summed E-state index contributed by atoms with van der Waals surface area (Å²) >= 11 is 0.955. The van der Waals surface area contributed by atoms with Crippen LogP contribution in [0.5, 0.6) is 0 Å². The van der Waals surface area contributed by atoms with Gasteiger partial charge in [0.1, 0.15) is 22.0 Å². The summed E-state index contributed by atoms with van der Waals surface area (Å²) in [6, 6.07) is 3.91. The summed E-state index contributed by atoms with van der Waals surface area (Å²) in [7, 11) is -3.90. The molecular weight excluding hydrogens is 348 g/mol. The number of fused-ring (bicyclic) bond motifs is 1. The van der Waals surface area contributed by atoms with E-state index in [2.05, 4.69) is 18.8 Å². The molecule has 1 amide bonds. The number of amides is 1. The molecule has 132 valence electrons. The third kappa shape index (κ3) is 4.08. The van der Waals surface area contributed by atoms with Crippen molar-refractivity contribution in [1.82, 2.24) is 18.8 Å². The Kier molecular flexibility index (Phi) is 5.89. The lowest BCUT2D eigenvalue weighted by molar-refractivity contribution is -0.124. The van der Waals surface area contributed by atoms with Crippen LogP contribution in [-0.4, -0.2) is 35.2 Å². The summed E-state index contributed by atoms with van der Waals surface area (Å²) in [6.45, 7) is 7.43. The average Bonchev–Trinajstić information content (AvgIpc) is 3.00. The fourth-order valence-corrected chi connectivity index (χ4v) is 4.27. The van der Waals surface area contributed by atoms with Crippen molar-refractivity contribution in [3.63, 3.8) is 0 Å². The van der Waals surface area contributed by atoms with Gasteiger partial charge in [-0.05, 0) is 31.4 Å². The third-order valence-corrected chi connectivity index (χ3v) is 5.79. The Hall–Kier alpha value is -1.58. The molecule has 2 atom stereocenters. The molecule has 0 spiro atoms. The minimum atomic E-state index is -3.90. The molecule has 1 aromatic heterocycles. The molecule has 0 aliphatic carbocycles. The molecule has 0 saturated carbocycles. The van der Waals surface area contributed by atoms with Gasteiger partial charge in [-0.3, -0.25) is 4.79 Å². The maximum Gasteiger partial charge on any atom is 0.243 e. The van der Waals surface area contributed by atoms with E-state index < -0.39 is 16.1 Å². The maximum absolute atomic E-state index is 12.8. The molecule has 0 aliphatic rings. The number of sulfonamides is 1. The van der Waals surface area contributed by atoms with Gasteiger partial charge in [0, 0.05) is 6.04 Å². The number of nitrogens with zero attached hydrogens (tertiary/aromatic N) is 2. The van der Waals surface area contributed by atoms with E-state index >= 15 is 0 Å². The Morgan fingerprint density at radius 3 is 2.58 bits per heavy atom. The monoisotopic (exact) mass is 370 g/mol. The molecule has 0 radical (unpaired) electrons. The lowest BCUT2D eigenvalue weighted by Crippen LogP contribution is -2.51. The SMILES string of the molecule is CC[C@H](C)NC(=O)[C@H](NS(=O)(=O)c1cccc2nsnc12)C(C)C. The fraction of sp³-hybridized carbons (Fsp3) is 0.533. The average molecular weight is 371 g/mol. The highest BCUT2D eigenvalue weighted by Crippen LogP contribution is 2.21. The normalized spacial score (nSPS) is 14.7. The zero-order valence-electron chi connectivity index (χ0n) is 14.1. The van der Waals surface area contributed by atoms with Crippen LogP contribution >= 0.6 is 11.7 Å². The van der Waals surface area contributed by atoms with Crippen LogP contribution in [0, 0.1) is 5.92 Å². The van der Waals surface area contributed by atoms with Gasteiger partial charge < -0.3 is 5.32 Å². The molecule has 0 unspecified atom stereocenters. The standard InChI is InChI=1S/C15H22N4O3S2/c1-5-10(4)16-15(20)13(9(2)3)19-24(21,22)12-8-6-7-11-14(12)18-23-17-11/h6-10,13,19H,5H2,1-4H3,(H,16,20)/t10-,13+/m0/s1. The number of aromatic nitrogens is 2. The van der Waals surface area contributed by atoms with E-state index in [0.717, 1.165) is 18.1 Å². The van der Waals surface area contributed by atoms with Gasteiger partial charge in [-0.15, -0.1) is 0 Å². The van der Waals surface area contributed by atoms with Gasteiger partial charge in [-0.1, -0.05) is 26.8 Å².